The minimum Gasteiger partial charge on any atom is -0.319 e. The molecule has 0 N–H and O–H groups in total. The van der Waals surface area contributed by atoms with Crippen molar-refractivity contribution in [1.82, 2.24) is 9.34 Å². The van der Waals surface area contributed by atoms with E-state index in [4.69, 9.17) is 16.3 Å². The van der Waals surface area contributed by atoms with Crippen molar-refractivity contribution in [1.29, 1.82) is 0 Å². The zero-order valence-electron chi connectivity index (χ0n) is 19.8. The van der Waals surface area contributed by atoms with E-state index in [9.17, 15) is 0 Å². The Morgan fingerprint density at radius 2 is 1.47 bits per heavy atom. The lowest BCUT2D eigenvalue weighted by Crippen LogP contribution is -2.46. The first-order valence-corrected chi connectivity index (χ1v) is 22.2. The number of benzene rings is 1. The van der Waals surface area contributed by atoms with E-state index in [1.54, 1.807) is 0 Å². The maximum Gasteiger partial charge on any atom is 0.204 e. The Hall–Kier alpha value is 0.664. The molecule has 1 aromatic rings. The van der Waals surface area contributed by atoms with Crippen LogP contribution in [0.4, 0.5) is 0 Å². The van der Waals surface area contributed by atoms with Crippen LogP contribution in [0.5, 0.6) is 0 Å². The summed E-state index contributed by atoms with van der Waals surface area (Å²) in [6.45, 7) is 14.8. The summed E-state index contributed by atoms with van der Waals surface area (Å²) >= 11 is 10.4. The van der Waals surface area contributed by atoms with E-state index in [-0.39, 0.29) is 6.10 Å². The van der Waals surface area contributed by atoms with Gasteiger partial charge in [-0.05, 0) is 43.2 Å². The lowest BCUT2D eigenvalue weighted by Gasteiger charge is -2.40. The van der Waals surface area contributed by atoms with E-state index >= 15 is 0 Å². The van der Waals surface area contributed by atoms with Gasteiger partial charge in [-0.3, -0.25) is 0 Å². The molecular weight excluding hydrogens is 507 g/mol. The molecule has 8 heteroatoms. The van der Waals surface area contributed by atoms with Gasteiger partial charge in [-0.2, -0.15) is 0 Å². The monoisotopic (exact) mass is 546 g/mol. The number of rotatable bonds is 7. The first kappa shape index (κ1) is 25.3. The van der Waals surface area contributed by atoms with Crippen molar-refractivity contribution in [2.24, 2.45) is 0 Å². The van der Waals surface area contributed by atoms with Crippen molar-refractivity contribution in [3.05, 3.63) is 34.3 Å². The molecule has 2 fully saturated rings. The number of halogens is 1. The number of nitrogens with zero attached hydrogens (tertiary/aromatic N) is 2. The van der Waals surface area contributed by atoms with Gasteiger partial charge in [0, 0.05) is 28.9 Å². The zero-order chi connectivity index (χ0) is 22.3. The molecule has 170 valence electrons. The van der Waals surface area contributed by atoms with E-state index in [0.717, 1.165) is 16.8 Å². The van der Waals surface area contributed by atoms with E-state index < -0.39 is 22.7 Å². The molecule has 0 unspecified atom stereocenters. The molecule has 0 amide bonds. The Kier molecular flexibility index (Phi) is 8.00. The highest BCUT2D eigenvalue weighted by Gasteiger charge is 2.55. The zero-order valence-corrected chi connectivity index (χ0v) is 25.1. The molecule has 2 aliphatic rings. The smallest absolute Gasteiger partial charge is 0.204 e. The summed E-state index contributed by atoms with van der Waals surface area (Å²) in [7, 11) is -2.67. The third-order valence-electron chi connectivity index (χ3n) is 6.02. The van der Waals surface area contributed by atoms with Gasteiger partial charge in [0.15, 0.2) is 0 Å². The third-order valence-corrected chi connectivity index (χ3v) is 14.1. The summed E-state index contributed by atoms with van der Waals surface area (Å²) in [6.07, 6.45) is 7.51. The summed E-state index contributed by atoms with van der Waals surface area (Å²) in [5.74, 6) is 0. The Morgan fingerprint density at radius 3 is 1.90 bits per heavy atom. The van der Waals surface area contributed by atoms with Crippen LogP contribution in [0.2, 0.25) is 39.3 Å². The Balaban J connectivity index is 2.02. The summed E-state index contributed by atoms with van der Waals surface area (Å²) < 4.78 is 13.6. The van der Waals surface area contributed by atoms with Crippen LogP contribution in [0.15, 0.2) is 28.7 Å². The van der Waals surface area contributed by atoms with Gasteiger partial charge in [0.1, 0.15) is 0 Å². The van der Waals surface area contributed by atoms with Gasteiger partial charge in [-0.25, -0.2) is 9.34 Å². The molecule has 3 rings (SSSR count). The second kappa shape index (κ2) is 9.50. The van der Waals surface area contributed by atoms with Crippen LogP contribution < -0.4 is 0 Å². The van der Waals surface area contributed by atoms with Gasteiger partial charge in [0.2, 0.25) is 6.57 Å². The van der Waals surface area contributed by atoms with Crippen LogP contribution in [0.1, 0.15) is 44.3 Å². The predicted molar refractivity (Wildman–Crippen MR) is 144 cm³/mol. The van der Waals surface area contributed by atoms with Crippen molar-refractivity contribution in [2.45, 2.75) is 90.1 Å². The van der Waals surface area contributed by atoms with E-state index in [1.165, 1.54) is 31.2 Å². The van der Waals surface area contributed by atoms with Crippen LogP contribution in [0, 0.1) is 0 Å². The van der Waals surface area contributed by atoms with Gasteiger partial charge in [0.25, 0.3) is 0 Å². The predicted octanol–water partition coefficient (Wildman–Crippen LogP) is 7.43. The molecule has 3 nitrogen and oxygen atoms in total. The number of hydrogen-bond donors (Lipinski definition) is 0. The second-order valence-corrected chi connectivity index (χ2v) is 26.9. The molecule has 1 heterocycles. The van der Waals surface area contributed by atoms with Crippen LogP contribution in [-0.4, -0.2) is 49.9 Å². The van der Waals surface area contributed by atoms with Crippen LogP contribution in [-0.2, 0) is 16.3 Å². The molecule has 1 aliphatic carbocycles. The van der Waals surface area contributed by atoms with E-state index in [0.29, 0.717) is 12.1 Å². The lowest BCUT2D eigenvalue weighted by atomic mass is 9.90. The molecule has 1 aromatic carbocycles. The Labute approximate surface area is 200 Å². The fourth-order valence-corrected chi connectivity index (χ4v) is 16.4. The average molecular weight is 548 g/mol. The van der Waals surface area contributed by atoms with Gasteiger partial charge >= 0.3 is 0 Å². The SMILES string of the molecule is C[C@@H](OP1(=S)N(C[Si](C)(C)C)[C@@H]2CCCC[C@H]2N1C[Si](C)(C)C)c1ccccc1Br. The standard InChI is InChI=1S/C22H40BrN2OPSSi2/c1-18(19-12-8-9-13-20(19)23)26-27(28)24(16-29(2,3)4)21-14-10-11-15-22(21)25(27)17-30(5,6)7/h8-9,12-13,18,21-22H,10-11,14-17H2,1-7H3/t18-,21-,22-/m1/s1. The highest BCUT2D eigenvalue weighted by Crippen LogP contribution is 2.67. The van der Waals surface area contributed by atoms with Gasteiger partial charge < -0.3 is 4.52 Å². The number of hydrogen-bond acceptors (Lipinski definition) is 2. The molecule has 1 saturated carbocycles. The molecule has 0 bridgehead atoms. The third kappa shape index (κ3) is 5.77. The van der Waals surface area contributed by atoms with E-state index in [1.807, 2.05) is 0 Å². The summed E-state index contributed by atoms with van der Waals surface area (Å²) in [4.78, 5) is 0. The molecule has 0 aromatic heterocycles. The summed E-state index contributed by atoms with van der Waals surface area (Å²) in [5.41, 5.74) is 1.21. The molecule has 1 aliphatic heterocycles. The van der Waals surface area contributed by atoms with Gasteiger partial charge in [0.05, 0.1) is 22.3 Å². The number of fused-ring (bicyclic) bond motifs is 1. The highest BCUT2D eigenvalue weighted by atomic mass is 79.9. The minimum absolute atomic E-state index is 0.0140. The van der Waals surface area contributed by atoms with Crippen LogP contribution >= 0.6 is 22.5 Å². The molecule has 30 heavy (non-hydrogen) atoms. The average Bonchev–Trinajstić information content (AvgIpc) is 2.82. The first-order valence-electron chi connectivity index (χ1n) is 11.4. The van der Waals surface area contributed by atoms with Gasteiger partial charge in [-0.15, -0.1) is 0 Å². The maximum atomic E-state index is 7.07. The lowest BCUT2D eigenvalue weighted by molar-refractivity contribution is 0.217. The fourth-order valence-electron chi connectivity index (χ4n) is 4.88. The van der Waals surface area contributed by atoms with Crippen molar-refractivity contribution in [2.75, 3.05) is 12.3 Å². The molecule has 0 spiro atoms. The normalized spacial score (nSPS) is 26.5. The highest BCUT2D eigenvalue weighted by molar-refractivity contribution is 9.10. The largest absolute Gasteiger partial charge is 0.319 e. The van der Waals surface area contributed by atoms with Crippen molar-refractivity contribution >= 4 is 50.5 Å². The van der Waals surface area contributed by atoms with Crippen LogP contribution in [0.25, 0.3) is 0 Å². The topological polar surface area (TPSA) is 15.7 Å². The minimum atomic E-state index is -2.28. The molecule has 0 radical (unpaired) electrons. The second-order valence-electron chi connectivity index (χ2n) is 11.5. The van der Waals surface area contributed by atoms with E-state index in [2.05, 4.69) is 95.7 Å². The maximum absolute atomic E-state index is 7.07. The first-order chi connectivity index (χ1) is 13.8. The Morgan fingerprint density at radius 1 is 1.00 bits per heavy atom. The quantitative estimate of drug-likeness (QED) is 0.260. The van der Waals surface area contributed by atoms with Crippen molar-refractivity contribution < 1.29 is 4.52 Å². The molecule has 1 saturated heterocycles. The van der Waals surface area contributed by atoms with Gasteiger partial charge in [-0.1, -0.05) is 86.3 Å². The van der Waals surface area contributed by atoms with Crippen molar-refractivity contribution in [3.8, 4) is 0 Å². The molecular formula is C22H40BrN2OPSSi2. The summed E-state index contributed by atoms with van der Waals surface area (Å²) in [5, 5.41) is 0. The fraction of sp³-hybridized carbons (Fsp3) is 0.727. The summed E-state index contributed by atoms with van der Waals surface area (Å²) in [6, 6.07) is 9.61. The van der Waals surface area contributed by atoms with Crippen LogP contribution in [0.3, 0.4) is 0 Å². The van der Waals surface area contributed by atoms with Crippen molar-refractivity contribution in [3.63, 3.8) is 0 Å². The molecule has 3 atom stereocenters. The Bertz CT molecular complexity index is 762.